The quantitative estimate of drug-likeness (QED) is 0.781. The molecule has 24 heavy (non-hydrogen) atoms. The maximum Gasteiger partial charge on any atom is 0.244 e. The van der Waals surface area contributed by atoms with Crippen LogP contribution in [0.2, 0.25) is 0 Å². The minimum Gasteiger partial charge on any atom is -0.496 e. The second kappa shape index (κ2) is 8.52. The molecule has 2 amide bonds. The van der Waals surface area contributed by atoms with Crippen LogP contribution in [-0.4, -0.2) is 43.0 Å². The van der Waals surface area contributed by atoms with E-state index in [1.54, 1.807) is 13.2 Å². The molecule has 1 aromatic carbocycles. The number of nitrogens with zero attached hydrogens (tertiary/aromatic N) is 1. The van der Waals surface area contributed by atoms with Crippen molar-refractivity contribution in [1.82, 2.24) is 10.2 Å². The highest BCUT2D eigenvalue weighted by Crippen LogP contribution is 2.20. The molecule has 1 heterocycles. The zero-order valence-corrected chi connectivity index (χ0v) is 14.7. The van der Waals surface area contributed by atoms with E-state index in [1.165, 1.54) is 0 Å². The Bertz CT molecular complexity index is 625. The van der Waals surface area contributed by atoms with E-state index in [2.05, 4.69) is 5.32 Å². The van der Waals surface area contributed by atoms with Crippen molar-refractivity contribution in [2.24, 2.45) is 0 Å². The van der Waals surface area contributed by atoms with Crippen molar-refractivity contribution in [2.75, 3.05) is 20.2 Å². The summed E-state index contributed by atoms with van der Waals surface area (Å²) in [4.78, 5) is 25.6. The van der Waals surface area contributed by atoms with E-state index in [1.807, 2.05) is 43.0 Å². The predicted molar refractivity (Wildman–Crippen MR) is 93.9 cm³/mol. The number of ether oxygens (including phenoxy) is 1. The molecule has 1 unspecified atom stereocenters. The van der Waals surface area contributed by atoms with Gasteiger partial charge in [0.25, 0.3) is 0 Å². The van der Waals surface area contributed by atoms with Crippen molar-refractivity contribution in [3.8, 4) is 5.75 Å². The lowest BCUT2D eigenvalue weighted by atomic mass is 10.0. The average molecular weight is 330 g/mol. The third-order valence-electron chi connectivity index (χ3n) is 4.09. The number of allylic oxidation sites excluding steroid dienone is 1. The number of methoxy groups -OCH3 is 1. The van der Waals surface area contributed by atoms with Crippen molar-refractivity contribution < 1.29 is 14.3 Å². The number of rotatable bonds is 7. The molecule has 1 saturated heterocycles. The lowest BCUT2D eigenvalue weighted by Crippen LogP contribution is -2.41. The van der Waals surface area contributed by atoms with Crippen molar-refractivity contribution >= 4 is 11.8 Å². The van der Waals surface area contributed by atoms with E-state index in [9.17, 15) is 9.59 Å². The van der Waals surface area contributed by atoms with Gasteiger partial charge in [-0.25, -0.2) is 0 Å². The van der Waals surface area contributed by atoms with Gasteiger partial charge < -0.3 is 15.0 Å². The van der Waals surface area contributed by atoms with Gasteiger partial charge in [0.05, 0.1) is 7.11 Å². The lowest BCUT2D eigenvalue weighted by molar-refractivity contribution is -0.128. The van der Waals surface area contributed by atoms with Crippen LogP contribution >= 0.6 is 0 Å². The molecule has 5 nitrogen and oxygen atoms in total. The van der Waals surface area contributed by atoms with Gasteiger partial charge in [0, 0.05) is 31.6 Å². The fourth-order valence-corrected chi connectivity index (χ4v) is 2.98. The van der Waals surface area contributed by atoms with Crippen LogP contribution in [0.25, 0.3) is 0 Å². The Morgan fingerprint density at radius 2 is 2.17 bits per heavy atom. The first kappa shape index (κ1) is 18.0. The summed E-state index contributed by atoms with van der Waals surface area (Å²) >= 11 is 0. The fraction of sp³-hybridized carbons (Fsp3) is 0.474. The molecular weight excluding hydrogens is 304 g/mol. The highest BCUT2D eigenvalue weighted by Gasteiger charge is 2.22. The topological polar surface area (TPSA) is 58.6 Å². The van der Waals surface area contributed by atoms with E-state index in [0.29, 0.717) is 19.4 Å². The molecule has 1 aliphatic heterocycles. The molecule has 1 atom stereocenters. The lowest BCUT2D eigenvalue weighted by Gasteiger charge is -2.21. The SMILES string of the molecule is COc1ccccc1C/C(C)=C/C(=O)NC(C)CN1CCCC1=O. The first-order valence-corrected chi connectivity index (χ1v) is 8.37. The van der Waals surface area contributed by atoms with Crippen molar-refractivity contribution in [3.05, 3.63) is 41.5 Å². The van der Waals surface area contributed by atoms with E-state index in [0.717, 1.165) is 29.9 Å². The van der Waals surface area contributed by atoms with Gasteiger partial charge in [0.15, 0.2) is 0 Å². The normalized spacial score (nSPS) is 16.2. The Morgan fingerprint density at radius 1 is 1.42 bits per heavy atom. The zero-order chi connectivity index (χ0) is 17.5. The summed E-state index contributed by atoms with van der Waals surface area (Å²) in [5.41, 5.74) is 2.01. The summed E-state index contributed by atoms with van der Waals surface area (Å²) in [6, 6.07) is 7.73. The van der Waals surface area contributed by atoms with Gasteiger partial charge in [-0.2, -0.15) is 0 Å². The summed E-state index contributed by atoms with van der Waals surface area (Å²) in [5, 5.41) is 2.93. The number of nitrogens with one attached hydrogen (secondary N) is 1. The first-order valence-electron chi connectivity index (χ1n) is 8.37. The third kappa shape index (κ3) is 5.11. The number of likely N-dealkylation sites (tertiary alicyclic amines) is 1. The Kier molecular flexibility index (Phi) is 6.41. The molecule has 0 spiro atoms. The zero-order valence-electron chi connectivity index (χ0n) is 14.7. The highest BCUT2D eigenvalue weighted by molar-refractivity contribution is 5.88. The predicted octanol–water partition coefficient (Wildman–Crippen LogP) is 2.31. The van der Waals surface area contributed by atoms with Crippen LogP contribution in [0.15, 0.2) is 35.9 Å². The number of carbonyl (C=O) groups is 2. The van der Waals surface area contributed by atoms with Crippen LogP contribution in [0.5, 0.6) is 5.75 Å². The highest BCUT2D eigenvalue weighted by atomic mass is 16.5. The number of hydrogen-bond acceptors (Lipinski definition) is 3. The maximum absolute atomic E-state index is 12.1. The van der Waals surface area contributed by atoms with Crippen LogP contribution in [0, 0.1) is 0 Å². The first-order chi connectivity index (χ1) is 11.5. The molecule has 0 aromatic heterocycles. The van der Waals surface area contributed by atoms with Crippen LogP contribution in [0.3, 0.4) is 0 Å². The number of benzene rings is 1. The molecular formula is C19H26N2O3. The summed E-state index contributed by atoms with van der Waals surface area (Å²) in [6.45, 7) is 5.22. The molecule has 0 aliphatic carbocycles. The van der Waals surface area contributed by atoms with Gasteiger partial charge in [-0.3, -0.25) is 9.59 Å². The molecule has 0 saturated carbocycles. The molecule has 1 aromatic rings. The second-order valence-electron chi connectivity index (χ2n) is 6.33. The molecule has 0 radical (unpaired) electrons. The standard InChI is InChI=1S/C19H26N2O3/c1-14(11-16-7-4-5-8-17(16)24-3)12-18(22)20-15(2)13-21-10-6-9-19(21)23/h4-5,7-8,12,15H,6,9-11,13H2,1-3H3,(H,20,22)/b14-12+. The largest absolute Gasteiger partial charge is 0.496 e. The van der Waals surface area contributed by atoms with Crippen LogP contribution in [0.1, 0.15) is 32.3 Å². The summed E-state index contributed by atoms with van der Waals surface area (Å²) < 4.78 is 5.33. The van der Waals surface area contributed by atoms with Crippen LogP contribution in [0.4, 0.5) is 0 Å². The Hall–Kier alpha value is -2.30. The summed E-state index contributed by atoms with van der Waals surface area (Å²) in [6.07, 6.45) is 3.82. The Labute approximate surface area is 143 Å². The Balaban J connectivity index is 1.87. The molecule has 0 bridgehead atoms. The van der Waals surface area contributed by atoms with Gasteiger partial charge in [-0.1, -0.05) is 23.8 Å². The molecule has 130 valence electrons. The number of amides is 2. The van der Waals surface area contributed by atoms with E-state index in [4.69, 9.17) is 4.74 Å². The molecule has 1 N–H and O–H groups in total. The number of hydrogen-bond donors (Lipinski definition) is 1. The van der Waals surface area contributed by atoms with Crippen molar-refractivity contribution in [2.45, 2.75) is 39.2 Å². The fourth-order valence-electron chi connectivity index (χ4n) is 2.98. The van der Waals surface area contributed by atoms with Gasteiger partial charge in [0.2, 0.25) is 11.8 Å². The number of carbonyl (C=O) groups excluding carboxylic acids is 2. The smallest absolute Gasteiger partial charge is 0.244 e. The summed E-state index contributed by atoms with van der Waals surface area (Å²) in [5.74, 6) is 0.882. The van der Waals surface area contributed by atoms with Crippen molar-refractivity contribution in [1.29, 1.82) is 0 Å². The monoisotopic (exact) mass is 330 g/mol. The molecule has 5 heteroatoms. The molecule has 2 rings (SSSR count). The van der Waals surface area contributed by atoms with E-state index in [-0.39, 0.29) is 17.9 Å². The summed E-state index contributed by atoms with van der Waals surface area (Å²) in [7, 11) is 1.64. The van der Waals surface area contributed by atoms with Gasteiger partial charge in [-0.15, -0.1) is 0 Å². The third-order valence-corrected chi connectivity index (χ3v) is 4.09. The molecule has 1 aliphatic rings. The average Bonchev–Trinajstić information content (AvgIpc) is 2.92. The number of para-hydroxylation sites is 1. The molecule has 1 fully saturated rings. The minimum atomic E-state index is -0.124. The van der Waals surface area contributed by atoms with Gasteiger partial charge in [0.1, 0.15) is 5.75 Å². The Morgan fingerprint density at radius 3 is 2.83 bits per heavy atom. The van der Waals surface area contributed by atoms with Gasteiger partial charge in [-0.05, 0) is 38.3 Å². The van der Waals surface area contributed by atoms with E-state index < -0.39 is 0 Å². The van der Waals surface area contributed by atoms with Gasteiger partial charge >= 0.3 is 0 Å². The maximum atomic E-state index is 12.1. The van der Waals surface area contributed by atoms with E-state index >= 15 is 0 Å². The van der Waals surface area contributed by atoms with Crippen LogP contribution < -0.4 is 10.1 Å². The minimum absolute atomic E-state index is 0.0603. The van der Waals surface area contributed by atoms with Crippen LogP contribution in [-0.2, 0) is 16.0 Å². The van der Waals surface area contributed by atoms with Crippen molar-refractivity contribution in [3.63, 3.8) is 0 Å². The second-order valence-corrected chi connectivity index (χ2v) is 6.33.